The number of halogens is 2. The van der Waals surface area contributed by atoms with Crippen molar-refractivity contribution < 1.29 is 9.18 Å². The van der Waals surface area contributed by atoms with E-state index in [-0.39, 0.29) is 5.69 Å². The van der Waals surface area contributed by atoms with Crippen LogP contribution in [0, 0.1) is 12.7 Å². The molecule has 2 aromatic carbocycles. The maximum absolute atomic E-state index is 13.6. The van der Waals surface area contributed by atoms with E-state index in [0.717, 1.165) is 11.3 Å². The molecule has 25 heavy (non-hydrogen) atoms. The molecule has 0 bridgehead atoms. The molecular formula is C19H15ClFN3O. The molecule has 1 aromatic heterocycles. The maximum atomic E-state index is 13.6. The lowest BCUT2D eigenvalue weighted by atomic mass is 10.2. The summed E-state index contributed by atoms with van der Waals surface area (Å²) < 4.78 is 13.6. The van der Waals surface area contributed by atoms with E-state index >= 15 is 0 Å². The fourth-order valence-electron chi connectivity index (χ4n) is 2.18. The smallest absolute Gasteiger partial charge is 0.257 e. The normalized spacial score (nSPS) is 10.4. The van der Waals surface area contributed by atoms with Gasteiger partial charge in [-0.1, -0.05) is 29.8 Å². The number of anilines is 3. The van der Waals surface area contributed by atoms with E-state index in [1.54, 1.807) is 30.3 Å². The van der Waals surface area contributed by atoms with E-state index in [9.17, 15) is 9.18 Å². The lowest BCUT2D eigenvalue weighted by Crippen LogP contribution is -2.13. The Morgan fingerprint density at radius 3 is 2.60 bits per heavy atom. The first-order chi connectivity index (χ1) is 12.0. The van der Waals surface area contributed by atoms with Crippen molar-refractivity contribution in [2.75, 3.05) is 10.6 Å². The highest BCUT2D eigenvalue weighted by molar-refractivity contribution is 6.31. The van der Waals surface area contributed by atoms with E-state index in [4.69, 9.17) is 11.6 Å². The fraction of sp³-hybridized carbons (Fsp3) is 0.0526. The summed E-state index contributed by atoms with van der Waals surface area (Å²) in [6.45, 7) is 1.92. The predicted octanol–water partition coefficient (Wildman–Crippen LogP) is 5.18. The third kappa shape index (κ3) is 4.14. The van der Waals surface area contributed by atoms with Crippen LogP contribution in [0.1, 0.15) is 15.9 Å². The van der Waals surface area contributed by atoms with Gasteiger partial charge in [0.05, 0.1) is 11.3 Å². The number of nitrogens with one attached hydrogen (secondary N) is 2. The van der Waals surface area contributed by atoms with E-state index in [1.165, 1.54) is 18.3 Å². The number of carbonyl (C=O) groups excluding carboxylic acids is 1. The van der Waals surface area contributed by atoms with Gasteiger partial charge in [-0.3, -0.25) is 4.79 Å². The molecule has 1 amide bonds. The van der Waals surface area contributed by atoms with Gasteiger partial charge in [0.2, 0.25) is 0 Å². The Balaban J connectivity index is 1.70. The molecule has 0 fully saturated rings. The Morgan fingerprint density at radius 2 is 1.92 bits per heavy atom. The standard InChI is InChI=1S/C19H15ClFN3O/c1-12-6-8-14(10-15(12)20)23-18-9-7-13(11-22-18)19(25)24-17-5-3-2-4-16(17)21/h2-11H,1H3,(H,22,23)(H,24,25). The van der Waals surface area contributed by atoms with Gasteiger partial charge in [0.25, 0.3) is 5.91 Å². The SMILES string of the molecule is Cc1ccc(Nc2ccc(C(=O)Nc3ccccc3F)cn2)cc1Cl. The van der Waals surface area contributed by atoms with Crippen LogP contribution in [0.4, 0.5) is 21.6 Å². The highest BCUT2D eigenvalue weighted by Gasteiger charge is 2.09. The van der Waals surface area contributed by atoms with E-state index < -0.39 is 11.7 Å². The number of aromatic nitrogens is 1. The molecule has 0 aliphatic carbocycles. The third-order valence-electron chi connectivity index (χ3n) is 3.59. The predicted molar refractivity (Wildman–Crippen MR) is 98.1 cm³/mol. The molecule has 0 saturated heterocycles. The maximum Gasteiger partial charge on any atom is 0.257 e. The molecule has 0 atom stereocenters. The first-order valence-corrected chi connectivity index (χ1v) is 7.96. The molecule has 0 unspecified atom stereocenters. The molecule has 0 spiro atoms. The average Bonchev–Trinajstić information content (AvgIpc) is 2.61. The molecule has 4 nitrogen and oxygen atoms in total. The molecule has 2 N–H and O–H groups in total. The Morgan fingerprint density at radius 1 is 1.12 bits per heavy atom. The lowest BCUT2D eigenvalue weighted by molar-refractivity contribution is 0.102. The number of amides is 1. The summed E-state index contributed by atoms with van der Waals surface area (Å²) in [4.78, 5) is 16.4. The first-order valence-electron chi connectivity index (χ1n) is 7.58. The molecular weight excluding hydrogens is 341 g/mol. The van der Waals surface area contributed by atoms with Crippen LogP contribution in [-0.4, -0.2) is 10.9 Å². The highest BCUT2D eigenvalue weighted by Crippen LogP contribution is 2.22. The quantitative estimate of drug-likeness (QED) is 0.678. The van der Waals surface area contributed by atoms with Gasteiger partial charge in [0, 0.05) is 16.9 Å². The Bertz CT molecular complexity index is 913. The summed E-state index contributed by atoms with van der Waals surface area (Å²) in [5.41, 5.74) is 2.24. The molecule has 0 aliphatic rings. The van der Waals surface area contributed by atoms with Crippen LogP contribution in [0.15, 0.2) is 60.8 Å². The molecule has 1 heterocycles. The van der Waals surface area contributed by atoms with Crippen molar-refractivity contribution in [1.29, 1.82) is 0 Å². The summed E-state index contributed by atoms with van der Waals surface area (Å²) in [6.07, 6.45) is 1.42. The van der Waals surface area contributed by atoms with Crippen LogP contribution in [0.2, 0.25) is 5.02 Å². The second kappa shape index (κ2) is 7.32. The Kier molecular flexibility index (Phi) is 4.95. The van der Waals surface area contributed by atoms with Crippen LogP contribution >= 0.6 is 11.6 Å². The van der Waals surface area contributed by atoms with E-state index in [0.29, 0.717) is 16.4 Å². The summed E-state index contributed by atoms with van der Waals surface area (Å²) in [5, 5.41) is 6.29. The summed E-state index contributed by atoms with van der Waals surface area (Å²) in [7, 11) is 0. The van der Waals surface area contributed by atoms with Crippen molar-refractivity contribution in [2.45, 2.75) is 6.92 Å². The number of carbonyl (C=O) groups is 1. The number of hydrogen-bond donors (Lipinski definition) is 2. The molecule has 6 heteroatoms. The van der Waals surface area contributed by atoms with Gasteiger partial charge in [0.1, 0.15) is 11.6 Å². The lowest BCUT2D eigenvalue weighted by Gasteiger charge is -2.09. The van der Waals surface area contributed by atoms with Crippen LogP contribution < -0.4 is 10.6 Å². The monoisotopic (exact) mass is 355 g/mol. The van der Waals surface area contributed by atoms with Crippen molar-refractivity contribution in [3.8, 4) is 0 Å². The molecule has 0 aliphatic heterocycles. The second-order valence-electron chi connectivity index (χ2n) is 5.46. The summed E-state index contributed by atoms with van der Waals surface area (Å²) in [6, 6.07) is 14.9. The molecule has 0 radical (unpaired) electrons. The van der Waals surface area contributed by atoms with Gasteiger partial charge >= 0.3 is 0 Å². The third-order valence-corrected chi connectivity index (χ3v) is 4.00. The molecule has 3 aromatic rings. The van der Waals surface area contributed by atoms with Gasteiger partial charge < -0.3 is 10.6 Å². The van der Waals surface area contributed by atoms with Gasteiger partial charge in [-0.2, -0.15) is 0 Å². The fourth-order valence-corrected chi connectivity index (χ4v) is 2.36. The molecule has 126 valence electrons. The largest absolute Gasteiger partial charge is 0.340 e. The zero-order valence-electron chi connectivity index (χ0n) is 13.4. The highest BCUT2D eigenvalue weighted by atomic mass is 35.5. The topological polar surface area (TPSA) is 54.0 Å². The zero-order chi connectivity index (χ0) is 17.8. The summed E-state index contributed by atoms with van der Waals surface area (Å²) in [5.74, 6) is -0.344. The zero-order valence-corrected chi connectivity index (χ0v) is 14.1. The minimum atomic E-state index is -0.488. The van der Waals surface area contributed by atoms with Crippen molar-refractivity contribution >= 4 is 34.7 Å². The van der Waals surface area contributed by atoms with Gasteiger partial charge in [-0.15, -0.1) is 0 Å². The van der Waals surface area contributed by atoms with E-state index in [1.807, 2.05) is 19.1 Å². The van der Waals surface area contributed by atoms with Gasteiger partial charge in [-0.05, 0) is 48.9 Å². The van der Waals surface area contributed by atoms with Gasteiger partial charge in [-0.25, -0.2) is 9.37 Å². The molecule has 0 saturated carbocycles. The van der Waals surface area contributed by atoms with Crippen LogP contribution in [0.5, 0.6) is 0 Å². The minimum absolute atomic E-state index is 0.129. The Labute approximate surface area is 149 Å². The number of nitrogens with zero attached hydrogens (tertiary/aromatic N) is 1. The van der Waals surface area contributed by atoms with Crippen molar-refractivity contribution in [2.24, 2.45) is 0 Å². The average molecular weight is 356 g/mol. The van der Waals surface area contributed by atoms with E-state index in [2.05, 4.69) is 15.6 Å². The van der Waals surface area contributed by atoms with Crippen LogP contribution in [-0.2, 0) is 0 Å². The number of hydrogen-bond acceptors (Lipinski definition) is 3. The van der Waals surface area contributed by atoms with Crippen molar-refractivity contribution in [3.05, 3.63) is 82.8 Å². The summed E-state index contributed by atoms with van der Waals surface area (Å²) >= 11 is 6.09. The van der Waals surface area contributed by atoms with Gasteiger partial charge in [0.15, 0.2) is 0 Å². The molecule has 3 rings (SSSR count). The number of pyridine rings is 1. The second-order valence-corrected chi connectivity index (χ2v) is 5.86. The number of rotatable bonds is 4. The number of aryl methyl sites for hydroxylation is 1. The van der Waals surface area contributed by atoms with Crippen LogP contribution in [0.25, 0.3) is 0 Å². The van der Waals surface area contributed by atoms with Crippen molar-refractivity contribution in [1.82, 2.24) is 4.98 Å². The first kappa shape index (κ1) is 16.9. The van der Waals surface area contributed by atoms with Crippen molar-refractivity contribution in [3.63, 3.8) is 0 Å². The van der Waals surface area contributed by atoms with Crippen LogP contribution in [0.3, 0.4) is 0 Å². The number of para-hydroxylation sites is 1. The Hall–Kier alpha value is -2.92. The number of benzene rings is 2. The minimum Gasteiger partial charge on any atom is -0.340 e.